The molecule has 0 radical (unpaired) electrons. The molecule has 0 bridgehead atoms. The number of aryl methyl sites for hydroxylation is 1. The quantitative estimate of drug-likeness (QED) is 0.749. The van der Waals surface area contributed by atoms with E-state index in [-0.39, 0.29) is 18.5 Å². The molecule has 2 amide bonds. The van der Waals surface area contributed by atoms with E-state index >= 15 is 0 Å². The summed E-state index contributed by atoms with van der Waals surface area (Å²) in [5.74, 6) is -1.46. The lowest BCUT2D eigenvalue weighted by Gasteiger charge is -2.16. The molecule has 1 aromatic rings. The van der Waals surface area contributed by atoms with Crippen LogP contribution in [0.2, 0.25) is 0 Å². The van der Waals surface area contributed by atoms with Gasteiger partial charge in [-0.15, -0.1) is 11.3 Å². The summed E-state index contributed by atoms with van der Waals surface area (Å²) in [5, 5.41) is 16.3. The Morgan fingerprint density at radius 1 is 1.37 bits per heavy atom. The summed E-state index contributed by atoms with van der Waals surface area (Å²) in [6.45, 7) is 6.25. The summed E-state index contributed by atoms with van der Waals surface area (Å²) in [7, 11) is 0. The van der Waals surface area contributed by atoms with Gasteiger partial charge >= 0.3 is 12.0 Å². The van der Waals surface area contributed by atoms with Gasteiger partial charge in [-0.05, 0) is 29.9 Å². The number of carbonyl (C=O) groups excluding carboxylic acids is 1. The second kappa shape index (κ2) is 7.13. The molecule has 1 aromatic heterocycles. The van der Waals surface area contributed by atoms with E-state index < -0.39 is 11.9 Å². The van der Waals surface area contributed by atoms with E-state index in [1.807, 2.05) is 32.2 Å². The SMILES string of the molecule is Cc1ccsc1CNC(=O)NCC(C(=O)O)C(C)C. The van der Waals surface area contributed by atoms with Crippen LogP contribution in [0.5, 0.6) is 0 Å². The average molecular weight is 284 g/mol. The van der Waals surface area contributed by atoms with Gasteiger partial charge in [-0.2, -0.15) is 0 Å². The lowest BCUT2D eigenvalue weighted by Crippen LogP contribution is -2.40. The van der Waals surface area contributed by atoms with Crippen LogP contribution in [0.25, 0.3) is 0 Å². The minimum Gasteiger partial charge on any atom is -0.481 e. The van der Waals surface area contributed by atoms with Gasteiger partial charge in [0.2, 0.25) is 0 Å². The van der Waals surface area contributed by atoms with Gasteiger partial charge < -0.3 is 15.7 Å². The van der Waals surface area contributed by atoms with Crippen molar-refractivity contribution in [2.45, 2.75) is 27.3 Å². The lowest BCUT2D eigenvalue weighted by molar-refractivity contribution is -0.142. The Morgan fingerprint density at radius 3 is 2.53 bits per heavy atom. The van der Waals surface area contributed by atoms with Crippen LogP contribution < -0.4 is 10.6 Å². The number of nitrogens with one attached hydrogen (secondary N) is 2. The third-order valence-corrected chi connectivity index (χ3v) is 4.01. The van der Waals surface area contributed by atoms with Crippen molar-refractivity contribution < 1.29 is 14.7 Å². The van der Waals surface area contributed by atoms with Crippen molar-refractivity contribution in [2.75, 3.05) is 6.54 Å². The zero-order valence-electron chi connectivity index (χ0n) is 11.4. The highest BCUT2D eigenvalue weighted by atomic mass is 32.1. The fraction of sp³-hybridized carbons (Fsp3) is 0.538. The van der Waals surface area contributed by atoms with Crippen LogP contribution in [0.1, 0.15) is 24.3 Å². The van der Waals surface area contributed by atoms with Crippen LogP contribution in [0, 0.1) is 18.8 Å². The van der Waals surface area contributed by atoms with Gasteiger partial charge in [0.15, 0.2) is 0 Å². The van der Waals surface area contributed by atoms with Gasteiger partial charge in [0.1, 0.15) is 0 Å². The molecular weight excluding hydrogens is 264 g/mol. The lowest BCUT2D eigenvalue weighted by atomic mass is 9.96. The summed E-state index contributed by atoms with van der Waals surface area (Å²) in [6, 6.07) is 1.67. The van der Waals surface area contributed by atoms with Gasteiger partial charge in [-0.25, -0.2) is 4.79 Å². The number of hydrogen-bond acceptors (Lipinski definition) is 3. The van der Waals surface area contributed by atoms with E-state index in [2.05, 4.69) is 10.6 Å². The number of aliphatic carboxylic acids is 1. The molecule has 0 saturated carbocycles. The maximum atomic E-state index is 11.6. The summed E-state index contributed by atoms with van der Waals surface area (Å²) < 4.78 is 0. The highest BCUT2D eigenvalue weighted by Gasteiger charge is 2.21. The average Bonchev–Trinajstić information content (AvgIpc) is 2.71. The molecule has 19 heavy (non-hydrogen) atoms. The Balaban J connectivity index is 2.35. The molecule has 0 aliphatic heterocycles. The normalized spacial score (nSPS) is 12.2. The first kappa shape index (κ1) is 15.5. The molecule has 3 N–H and O–H groups in total. The molecule has 1 unspecified atom stereocenters. The smallest absolute Gasteiger partial charge is 0.315 e. The molecular formula is C13H20N2O3S. The Morgan fingerprint density at radius 2 is 2.05 bits per heavy atom. The van der Waals surface area contributed by atoms with Crippen molar-refractivity contribution in [2.24, 2.45) is 11.8 Å². The largest absolute Gasteiger partial charge is 0.481 e. The number of urea groups is 1. The van der Waals surface area contributed by atoms with Crippen LogP contribution in [0.4, 0.5) is 4.79 Å². The van der Waals surface area contributed by atoms with E-state index in [0.29, 0.717) is 6.54 Å². The monoisotopic (exact) mass is 284 g/mol. The minimum absolute atomic E-state index is 0.0164. The van der Waals surface area contributed by atoms with E-state index in [1.54, 1.807) is 11.3 Å². The van der Waals surface area contributed by atoms with Crippen LogP contribution >= 0.6 is 11.3 Å². The van der Waals surface area contributed by atoms with Crippen molar-refractivity contribution in [3.8, 4) is 0 Å². The van der Waals surface area contributed by atoms with Crippen molar-refractivity contribution in [3.05, 3.63) is 21.9 Å². The van der Waals surface area contributed by atoms with Gasteiger partial charge in [0.25, 0.3) is 0 Å². The van der Waals surface area contributed by atoms with Gasteiger partial charge in [0.05, 0.1) is 12.5 Å². The number of amides is 2. The summed E-state index contributed by atoms with van der Waals surface area (Å²) in [6.07, 6.45) is 0. The summed E-state index contributed by atoms with van der Waals surface area (Å²) in [5.41, 5.74) is 1.15. The molecule has 5 nitrogen and oxygen atoms in total. The number of carboxylic acid groups (broad SMARTS) is 1. The molecule has 1 rings (SSSR count). The van der Waals surface area contributed by atoms with Crippen molar-refractivity contribution in [3.63, 3.8) is 0 Å². The Labute approximate surface area is 117 Å². The number of rotatable bonds is 6. The first-order valence-electron chi connectivity index (χ1n) is 6.19. The molecule has 0 fully saturated rings. The van der Waals surface area contributed by atoms with E-state index in [9.17, 15) is 9.59 Å². The zero-order chi connectivity index (χ0) is 14.4. The predicted octanol–water partition coefficient (Wildman–Crippen LogP) is 2.21. The van der Waals surface area contributed by atoms with Crippen LogP contribution in [0.15, 0.2) is 11.4 Å². The molecule has 0 aliphatic rings. The second-order valence-electron chi connectivity index (χ2n) is 4.78. The highest BCUT2D eigenvalue weighted by Crippen LogP contribution is 2.14. The number of carboxylic acids is 1. The molecule has 106 valence electrons. The molecule has 0 aromatic carbocycles. The molecule has 0 saturated heterocycles. The van der Waals surface area contributed by atoms with Gasteiger partial charge in [-0.1, -0.05) is 13.8 Å². The number of carbonyl (C=O) groups is 2. The second-order valence-corrected chi connectivity index (χ2v) is 5.78. The van der Waals surface area contributed by atoms with E-state index in [0.717, 1.165) is 10.4 Å². The Hall–Kier alpha value is -1.56. The third-order valence-electron chi connectivity index (χ3n) is 2.98. The fourth-order valence-corrected chi connectivity index (χ4v) is 2.46. The molecule has 0 aliphatic carbocycles. The third kappa shape index (κ3) is 4.90. The van der Waals surface area contributed by atoms with E-state index in [4.69, 9.17) is 5.11 Å². The highest BCUT2D eigenvalue weighted by molar-refractivity contribution is 7.10. The van der Waals surface area contributed by atoms with Gasteiger partial charge in [-0.3, -0.25) is 4.79 Å². The Bertz CT molecular complexity index is 443. The maximum Gasteiger partial charge on any atom is 0.315 e. The molecule has 6 heteroatoms. The maximum absolute atomic E-state index is 11.6. The van der Waals surface area contributed by atoms with Crippen molar-refractivity contribution >= 4 is 23.3 Å². The predicted molar refractivity (Wildman–Crippen MR) is 75.3 cm³/mol. The molecule has 1 atom stereocenters. The van der Waals surface area contributed by atoms with Crippen molar-refractivity contribution in [1.82, 2.24) is 10.6 Å². The topological polar surface area (TPSA) is 78.4 Å². The van der Waals surface area contributed by atoms with E-state index in [1.165, 1.54) is 0 Å². The van der Waals surface area contributed by atoms with Gasteiger partial charge in [0, 0.05) is 11.4 Å². The zero-order valence-corrected chi connectivity index (χ0v) is 12.2. The summed E-state index contributed by atoms with van der Waals surface area (Å²) in [4.78, 5) is 23.7. The van der Waals surface area contributed by atoms with Crippen LogP contribution in [-0.4, -0.2) is 23.7 Å². The summed E-state index contributed by atoms with van der Waals surface area (Å²) >= 11 is 1.59. The van der Waals surface area contributed by atoms with Crippen molar-refractivity contribution in [1.29, 1.82) is 0 Å². The fourth-order valence-electron chi connectivity index (χ4n) is 1.62. The minimum atomic E-state index is -0.885. The van der Waals surface area contributed by atoms with Crippen LogP contribution in [0.3, 0.4) is 0 Å². The number of thiophene rings is 1. The standard InChI is InChI=1S/C13H20N2O3S/c1-8(2)10(12(16)17)6-14-13(18)15-7-11-9(3)4-5-19-11/h4-5,8,10H,6-7H2,1-3H3,(H,16,17)(H2,14,15,18). The first-order chi connectivity index (χ1) is 8.91. The molecule has 1 heterocycles. The Kier molecular flexibility index (Phi) is 5.82. The van der Waals surface area contributed by atoms with Crippen LogP contribution in [-0.2, 0) is 11.3 Å². The number of hydrogen-bond donors (Lipinski definition) is 3. The first-order valence-corrected chi connectivity index (χ1v) is 7.07. The molecule has 0 spiro atoms.